The Labute approximate surface area is 186 Å². The molecule has 0 atom stereocenters. The zero-order valence-corrected chi connectivity index (χ0v) is 18.4. The third-order valence-electron chi connectivity index (χ3n) is 4.90. The van der Waals surface area contributed by atoms with Gasteiger partial charge in [-0.25, -0.2) is 4.79 Å². The van der Waals surface area contributed by atoms with Crippen LogP contribution in [0.25, 0.3) is 0 Å². The fourth-order valence-electron chi connectivity index (χ4n) is 3.41. The number of carbonyl (C=O) groups excluding carboxylic acids is 3. The van der Waals surface area contributed by atoms with E-state index in [2.05, 4.69) is 10.6 Å². The van der Waals surface area contributed by atoms with E-state index in [1.165, 1.54) is 26.0 Å². The van der Waals surface area contributed by atoms with E-state index in [-0.39, 0.29) is 24.4 Å². The summed E-state index contributed by atoms with van der Waals surface area (Å²) in [4.78, 5) is 39.8. The topological polar surface area (TPSA) is 109 Å². The number of amides is 4. The quantitative estimate of drug-likeness (QED) is 0.650. The van der Waals surface area contributed by atoms with Crippen LogP contribution in [0.4, 0.5) is 21.9 Å². The standard InChI is InChI=1S/C22H26N4O6/c1-14(27)23-15-5-7-18(30-2)17(11-15)24-21(28)13-25-9-10-26(22(25)29)16-6-8-19(31-3)20(12-16)32-4/h5-8,11-12H,9-10,13H2,1-4H3,(H,23,27)(H,24,28). The first-order chi connectivity index (χ1) is 15.4. The molecule has 0 bridgehead atoms. The first-order valence-corrected chi connectivity index (χ1v) is 9.90. The fourth-order valence-corrected chi connectivity index (χ4v) is 3.41. The number of nitrogens with one attached hydrogen (secondary N) is 2. The molecule has 0 spiro atoms. The van der Waals surface area contributed by atoms with E-state index in [1.807, 2.05) is 0 Å². The molecule has 10 heteroatoms. The van der Waals surface area contributed by atoms with Gasteiger partial charge in [-0.1, -0.05) is 0 Å². The molecule has 4 amide bonds. The molecular weight excluding hydrogens is 416 g/mol. The molecule has 170 valence electrons. The number of methoxy groups -OCH3 is 3. The maximum Gasteiger partial charge on any atom is 0.325 e. The van der Waals surface area contributed by atoms with Gasteiger partial charge in [-0.3, -0.25) is 14.5 Å². The molecule has 10 nitrogen and oxygen atoms in total. The summed E-state index contributed by atoms with van der Waals surface area (Å²) in [6, 6.07) is 9.83. The molecule has 1 aliphatic rings. The second-order valence-corrected chi connectivity index (χ2v) is 7.04. The molecule has 32 heavy (non-hydrogen) atoms. The minimum absolute atomic E-state index is 0.129. The molecule has 0 aliphatic carbocycles. The van der Waals surface area contributed by atoms with Crippen molar-refractivity contribution in [2.75, 3.05) is 56.5 Å². The Morgan fingerprint density at radius 2 is 1.59 bits per heavy atom. The minimum atomic E-state index is -0.384. The molecule has 1 aliphatic heterocycles. The maximum absolute atomic E-state index is 12.9. The summed E-state index contributed by atoms with van der Waals surface area (Å²) in [5.74, 6) is 0.901. The van der Waals surface area contributed by atoms with Crippen molar-refractivity contribution in [1.29, 1.82) is 0 Å². The Balaban J connectivity index is 1.68. The van der Waals surface area contributed by atoms with Crippen LogP contribution in [0.15, 0.2) is 36.4 Å². The second-order valence-electron chi connectivity index (χ2n) is 7.04. The molecule has 2 aromatic carbocycles. The Morgan fingerprint density at radius 3 is 2.25 bits per heavy atom. The van der Waals surface area contributed by atoms with Crippen LogP contribution in [0.3, 0.4) is 0 Å². The molecule has 0 aromatic heterocycles. The first kappa shape index (κ1) is 22.7. The predicted molar refractivity (Wildman–Crippen MR) is 120 cm³/mol. The summed E-state index contributed by atoms with van der Waals surface area (Å²) >= 11 is 0. The fraction of sp³-hybridized carbons (Fsp3) is 0.318. The van der Waals surface area contributed by atoms with Gasteiger partial charge in [0.2, 0.25) is 11.8 Å². The average Bonchev–Trinajstić information content (AvgIpc) is 3.12. The molecule has 2 N–H and O–H groups in total. The highest BCUT2D eigenvalue weighted by Crippen LogP contribution is 2.33. The van der Waals surface area contributed by atoms with Gasteiger partial charge in [-0.05, 0) is 30.3 Å². The lowest BCUT2D eigenvalue weighted by molar-refractivity contribution is -0.116. The minimum Gasteiger partial charge on any atom is -0.495 e. The molecule has 0 unspecified atom stereocenters. The third kappa shape index (κ3) is 5.02. The van der Waals surface area contributed by atoms with Crippen molar-refractivity contribution < 1.29 is 28.6 Å². The lowest BCUT2D eigenvalue weighted by atomic mass is 10.2. The normalized spacial score (nSPS) is 13.1. The molecule has 3 rings (SSSR count). The number of hydrogen-bond donors (Lipinski definition) is 2. The van der Waals surface area contributed by atoms with Gasteiger partial charge < -0.3 is 29.7 Å². The van der Waals surface area contributed by atoms with Gasteiger partial charge in [0.1, 0.15) is 12.3 Å². The van der Waals surface area contributed by atoms with E-state index in [0.717, 1.165) is 0 Å². The Hall–Kier alpha value is -3.95. The van der Waals surface area contributed by atoms with Crippen LogP contribution >= 0.6 is 0 Å². The SMILES string of the molecule is COc1ccc(NC(C)=O)cc1NC(=O)CN1CCN(c2ccc(OC)c(OC)c2)C1=O. The number of rotatable bonds is 8. The molecule has 1 saturated heterocycles. The highest BCUT2D eigenvalue weighted by molar-refractivity contribution is 6.00. The number of carbonyl (C=O) groups is 3. The van der Waals surface area contributed by atoms with E-state index >= 15 is 0 Å². The second kappa shape index (κ2) is 9.90. The zero-order chi connectivity index (χ0) is 23.3. The van der Waals surface area contributed by atoms with E-state index in [0.29, 0.717) is 47.4 Å². The van der Waals surface area contributed by atoms with Crippen molar-refractivity contribution in [1.82, 2.24) is 4.90 Å². The molecule has 2 aromatic rings. The summed E-state index contributed by atoms with van der Waals surface area (Å²) in [5, 5.41) is 5.40. The largest absolute Gasteiger partial charge is 0.495 e. The Kier molecular flexibility index (Phi) is 7.04. The Bertz CT molecular complexity index is 1030. The number of anilines is 3. The Morgan fingerprint density at radius 1 is 0.906 bits per heavy atom. The zero-order valence-electron chi connectivity index (χ0n) is 18.4. The van der Waals surface area contributed by atoms with E-state index in [1.54, 1.807) is 48.4 Å². The van der Waals surface area contributed by atoms with Crippen LogP contribution in [0, 0.1) is 0 Å². The van der Waals surface area contributed by atoms with Gasteiger partial charge in [0.05, 0.1) is 27.0 Å². The average molecular weight is 442 g/mol. The monoisotopic (exact) mass is 442 g/mol. The van der Waals surface area contributed by atoms with Gasteiger partial charge in [0.15, 0.2) is 11.5 Å². The summed E-state index contributed by atoms with van der Waals surface area (Å²) in [5.41, 5.74) is 1.57. The van der Waals surface area contributed by atoms with E-state index in [9.17, 15) is 14.4 Å². The van der Waals surface area contributed by atoms with Gasteiger partial charge in [-0.2, -0.15) is 0 Å². The van der Waals surface area contributed by atoms with Gasteiger partial charge in [-0.15, -0.1) is 0 Å². The van der Waals surface area contributed by atoms with Crippen LogP contribution in [0.5, 0.6) is 17.2 Å². The molecule has 0 radical (unpaired) electrons. The summed E-state index contributed by atoms with van der Waals surface area (Å²) in [6.45, 7) is 2.09. The number of urea groups is 1. The van der Waals surface area contributed by atoms with Crippen molar-refractivity contribution >= 4 is 34.9 Å². The van der Waals surface area contributed by atoms with Crippen molar-refractivity contribution in [3.8, 4) is 17.2 Å². The van der Waals surface area contributed by atoms with Crippen LogP contribution in [0.2, 0.25) is 0 Å². The van der Waals surface area contributed by atoms with Crippen LogP contribution < -0.4 is 29.7 Å². The number of nitrogens with zero attached hydrogens (tertiary/aromatic N) is 2. The number of hydrogen-bond acceptors (Lipinski definition) is 6. The van der Waals surface area contributed by atoms with Crippen molar-refractivity contribution in [3.05, 3.63) is 36.4 Å². The highest BCUT2D eigenvalue weighted by atomic mass is 16.5. The van der Waals surface area contributed by atoms with Crippen LogP contribution in [-0.4, -0.2) is 63.7 Å². The van der Waals surface area contributed by atoms with Crippen molar-refractivity contribution in [2.24, 2.45) is 0 Å². The van der Waals surface area contributed by atoms with Crippen molar-refractivity contribution in [2.45, 2.75) is 6.92 Å². The lowest BCUT2D eigenvalue weighted by Gasteiger charge is -2.20. The third-order valence-corrected chi connectivity index (χ3v) is 4.90. The highest BCUT2D eigenvalue weighted by Gasteiger charge is 2.31. The van der Waals surface area contributed by atoms with Crippen LogP contribution in [0.1, 0.15) is 6.92 Å². The first-order valence-electron chi connectivity index (χ1n) is 9.90. The summed E-state index contributed by atoms with van der Waals surface area (Å²) in [6.07, 6.45) is 0. The number of ether oxygens (including phenoxy) is 3. The predicted octanol–water partition coefficient (Wildman–Crippen LogP) is 2.55. The molecule has 1 heterocycles. The van der Waals surface area contributed by atoms with Gasteiger partial charge in [0, 0.05) is 37.5 Å². The van der Waals surface area contributed by atoms with Gasteiger partial charge >= 0.3 is 6.03 Å². The summed E-state index contributed by atoms with van der Waals surface area (Å²) in [7, 11) is 4.55. The molecule has 1 fully saturated rings. The van der Waals surface area contributed by atoms with Gasteiger partial charge in [0.25, 0.3) is 0 Å². The van der Waals surface area contributed by atoms with Crippen molar-refractivity contribution in [3.63, 3.8) is 0 Å². The number of benzene rings is 2. The smallest absolute Gasteiger partial charge is 0.325 e. The van der Waals surface area contributed by atoms with E-state index in [4.69, 9.17) is 14.2 Å². The lowest BCUT2D eigenvalue weighted by Crippen LogP contribution is -2.37. The van der Waals surface area contributed by atoms with Crippen LogP contribution in [-0.2, 0) is 9.59 Å². The summed E-state index contributed by atoms with van der Waals surface area (Å²) < 4.78 is 15.8. The molecule has 0 saturated carbocycles. The van der Waals surface area contributed by atoms with E-state index < -0.39 is 0 Å². The maximum atomic E-state index is 12.9. The molecular formula is C22H26N4O6.